The molecule has 3 aliphatic rings. The van der Waals surface area contributed by atoms with Gasteiger partial charge in [-0.1, -0.05) is 0 Å². The molecule has 11 heteroatoms. The van der Waals surface area contributed by atoms with Crippen molar-refractivity contribution in [3.8, 4) is 5.75 Å². The summed E-state index contributed by atoms with van der Waals surface area (Å²) in [6.45, 7) is 1.79. The van der Waals surface area contributed by atoms with Gasteiger partial charge in [0, 0.05) is 49.1 Å². The Morgan fingerprint density at radius 1 is 1.26 bits per heavy atom. The van der Waals surface area contributed by atoms with Gasteiger partial charge in [-0.3, -0.25) is 14.7 Å². The maximum atomic E-state index is 14.9. The fourth-order valence-electron chi connectivity index (χ4n) is 3.96. The van der Waals surface area contributed by atoms with Gasteiger partial charge in [-0.15, -0.1) is 0 Å². The van der Waals surface area contributed by atoms with Gasteiger partial charge in [0.2, 0.25) is 0 Å². The maximum Gasteiger partial charge on any atom is 0.415 e. The van der Waals surface area contributed by atoms with Crippen LogP contribution in [0.15, 0.2) is 30.7 Å². The first-order chi connectivity index (χ1) is 15.1. The fourth-order valence-corrected chi connectivity index (χ4v) is 4.86. The minimum Gasteiger partial charge on any atom is -0.489 e. The Morgan fingerprint density at radius 3 is 2.87 bits per heavy atom. The zero-order chi connectivity index (χ0) is 21.4. The van der Waals surface area contributed by atoms with Gasteiger partial charge in [0.15, 0.2) is 0 Å². The highest BCUT2D eigenvalue weighted by Crippen LogP contribution is 2.42. The van der Waals surface area contributed by atoms with Crippen LogP contribution in [0, 0.1) is 5.82 Å². The van der Waals surface area contributed by atoms with Crippen LogP contribution in [0.4, 0.5) is 20.6 Å². The third-order valence-electron chi connectivity index (χ3n) is 5.52. The van der Waals surface area contributed by atoms with Crippen molar-refractivity contribution in [2.75, 3.05) is 47.5 Å². The van der Waals surface area contributed by atoms with Crippen molar-refractivity contribution in [1.29, 1.82) is 0 Å². The highest BCUT2D eigenvalue weighted by atomic mass is 32.2. The molecule has 2 atom stereocenters. The Bertz CT molecular complexity index is 1000. The van der Waals surface area contributed by atoms with Gasteiger partial charge < -0.3 is 19.7 Å². The molecule has 162 valence electrons. The molecule has 1 N–H and O–H groups in total. The number of ether oxygens (including phenoxy) is 2. The highest BCUT2D eigenvalue weighted by molar-refractivity contribution is 7.99. The van der Waals surface area contributed by atoms with Crippen LogP contribution in [0.3, 0.4) is 0 Å². The summed E-state index contributed by atoms with van der Waals surface area (Å²) in [6.07, 6.45) is 3.02. The van der Waals surface area contributed by atoms with Crippen LogP contribution in [0.2, 0.25) is 0 Å². The van der Waals surface area contributed by atoms with E-state index in [1.807, 2.05) is 16.7 Å². The van der Waals surface area contributed by atoms with Gasteiger partial charge in [0.25, 0.3) is 5.91 Å². The summed E-state index contributed by atoms with van der Waals surface area (Å²) in [5.41, 5.74) is 0.995. The van der Waals surface area contributed by atoms with E-state index < -0.39 is 30.0 Å². The maximum absolute atomic E-state index is 14.9. The summed E-state index contributed by atoms with van der Waals surface area (Å²) >= 11 is 1.84. The largest absolute Gasteiger partial charge is 0.489 e. The number of hydrogen-bond acceptors (Lipinski definition) is 8. The first kappa shape index (κ1) is 19.9. The number of thioether (sulfide) groups is 1. The van der Waals surface area contributed by atoms with Crippen molar-refractivity contribution in [3.63, 3.8) is 0 Å². The minimum absolute atomic E-state index is 0.0764. The molecule has 0 aliphatic carbocycles. The lowest BCUT2D eigenvalue weighted by Crippen LogP contribution is -2.48. The van der Waals surface area contributed by atoms with Crippen LogP contribution in [-0.4, -0.2) is 71.9 Å². The van der Waals surface area contributed by atoms with Gasteiger partial charge in [-0.05, 0) is 0 Å². The number of amides is 2. The Morgan fingerprint density at radius 2 is 2.10 bits per heavy atom. The second kappa shape index (κ2) is 8.22. The molecule has 0 saturated carbocycles. The highest BCUT2D eigenvalue weighted by Gasteiger charge is 2.47. The number of benzene rings is 1. The van der Waals surface area contributed by atoms with E-state index in [2.05, 4.69) is 15.3 Å². The molecule has 9 nitrogen and oxygen atoms in total. The summed E-state index contributed by atoms with van der Waals surface area (Å²) in [5, 5.41) is 2.70. The number of aromatic nitrogens is 2. The topological polar surface area (TPSA) is 96.9 Å². The zero-order valence-corrected chi connectivity index (χ0v) is 17.3. The predicted octanol–water partition coefficient (Wildman–Crippen LogP) is 1.69. The zero-order valence-electron chi connectivity index (χ0n) is 16.5. The van der Waals surface area contributed by atoms with Gasteiger partial charge in [0.1, 0.15) is 36.0 Å². The molecule has 5 rings (SSSR count). The first-order valence-electron chi connectivity index (χ1n) is 9.95. The Hall–Kier alpha value is -3.08. The number of nitrogens with zero attached hydrogens (tertiary/aromatic N) is 4. The number of carbonyl (C=O) groups is 2. The summed E-state index contributed by atoms with van der Waals surface area (Å²) in [4.78, 5) is 36.0. The summed E-state index contributed by atoms with van der Waals surface area (Å²) in [6, 6.07) is 2.52. The average Bonchev–Trinajstić information content (AvgIpc) is 3.14. The number of anilines is 2. The average molecular weight is 445 g/mol. The van der Waals surface area contributed by atoms with Crippen LogP contribution < -0.4 is 19.9 Å². The van der Waals surface area contributed by atoms with E-state index in [0.29, 0.717) is 17.1 Å². The van der Waals surface area contributed by atoms with Gasteiger partial charge in [-0.25, -0.2) is 14.2 Å². The smallest absolute Gasteiger partial charge is 0.415 e. The summed E-state index contributed by atoms with van der Waals surface area (Å²) in [5.74, 6) is 1.52. The SMILES string of the molecule is O=C(NC[C@@H]1OC(=O)N2c3cc(F)c(N4CCSCC4)cc3OC[C@@H]12)c1cnccn1. The van der Waals surface area contributed by atoms with Crippen molar-refractivity contribution in [2.24, 2.45) is 0 Å². The van der Waals surface area contributed by atoms with E-state index in [4.69, 9.17) is 9.47 Å². The quantitative estimate of drug-likeness (QED) is 0.760. The second-order valence-electron chi connectivity index (χ2n) is 7.34. The molecule has 2 fully saturated rings. The van der Waals surface area contributed by atoms with Gasteiger partial charge in [-0.2, -0.15) is 11.8 Å². The van der Waals surface area contributed by atoms with E-state index >= 15 is 0 Å². The lowest BCUT2D eigenvalue weighted by atomic mass is 10.1. The molecule has 0 bridgehead atoms. The molecular formula is C20H20FN5O4S. The molecule has 0 unspecified atom stereocenters. The molecular weight excluding hydrogens is 425 g/mol. The number of fused-ring (bicyclic) bond motifs is 3. The number of halogens is 1. The second-order valence-corrected chi connectivity index (χ2v) is 8.57. The molecule has 0 spiro atoms. The first-order valence-corrected chi connectivity index (χ1v) is 11.1. The number of carbonyl (C=O) groups excluding carboxylic acids is 2. The standard InChI is InChI=1S/C20H20FN5O4S/c21-12-7-15-17(8-14(12)25-3-5-31-6-4-25)29-11-16-18(30-20(28)26(15)16)10-24-19(27)13-9-22-1-2-23-13/h1-2,7-9,16,18H,3-6,10-11H2,(H,24,27)/t16-,18-/m0/s1. The van der Waals surface area contributed by atoms with E-state index in [1.165, 1.54) is 29.6 Å². The molecule has 0 radical (unpaired) electrons. The van der Waals surface area contributed by atoms with Gasteiger partial charge in [0.05, 0.1) is 24.1 Å². The molecule has 4 heterocycles. The third-order valence-corrected chi connectivity index (χ3v) is 6.46. The monoisotopic (exact) mass is 445 g/mol. The molecule has 1 aromatic carbocycles. The lowest BCUT2D eigenvalue weighted by Gasteiger charge is -2.34. The number of nitrogens with one attached hydrogen (secondary N) is 1. The number of rotatable bonds is 4. The predicted molar refractivity (Wildman–Crippen MR) is 112 cm³/mol. The summed E-state index contributed by atoms with van der Waals surface area (Å²) in [7, 11) is 0. The van der Waals surface area contributed by atoms with Crippen LogP contribution in [-0.2, 0) is 4.74 Å². The van der Waals surface area contributed by atoms with Crippen LogP contribution in [0.25, 0.3) is 0 Å². The van der Waals surface area contributed by atoms with Crippen LogP contribution in [0.1, 0.15) is 10.5 Å². The van der Waals surface area contributed by atoms with Crippen molar-refractivity contribution < 1.29 is 23.5 Å². The van der Waals surface area contributed by atoms with Crippen LogP contribution >= 0.6 is 11.8 Å². The lowest BCUT2D eigenvalue weighted by molar-refractivity contribution is 0.0881. The Balaban J connectivity index is 1.32. The van der Waals surface area contributed by atoms with Crippen molar-refractivity contribution in [3.05, 3.63) is 42.2 Å². The Kier molecular flexibility index (Phi) is 5.26. The minimum atomic E-state index is -0.636. The molecule has 2 amide bonds. The third kappa shape index (κ3) is 3.73. The number of cyclic esters (lactones) is 1. The molecule has 2 saturated heterocycles. The van der Waals surface area contributed by atoms with E-state index in [0.717, 1.165) is 24.6 Å². The normalized spacial score (nSPS) is 22.3. The molecule has 31 heavy (non-hydrogen) atoms. The Labute approximate surface area is 181 Å². The van der Waals surface area contributed by atoms with Crippen molar-refractivity contribution in [2.45, 2.75) is 12.1 Å². The van der Waals surface area contributed by atoms with Crippen LogP contribution in [0.5, 0.6) is 5.75 Å². The van der Waals surface area contributed by atoms with E-state index in [1.54, 1.807) is 6.07 Å². The van der Waals surface area contributed by atoms with E-state index in [-0.39, 0.29) is 18.8 Å². The van der Waals surface area contributed by atoms with Crippen molar-refractivity contribution >= 4 is 35.1 Å². The number of hydrogen-bond donors (Lipinski definition) is 1. The fraction of sp³-hybridized carbons (Fsp3) is 0.400. The van der Waals surface area contributed by atoms with E-state index in [9.17, 15) is 14.0 Å². The van der Waals surface area contributed by atoms with Crippen molar-refractivity contribution in [1.82, 2.24) is 15.3 Å². The molecule has 3 aliphatic heterocycles. The van der Waals surface area contributed by atoms with Gasteiger partial charge >= 0.3 is 6.09 Å². The molecule has 1 aromatic heterocycles. The molecule has 2 aromatic rings. The summed E-state index contributed by atoms with van der Waals surface area (Å²) < 4.78 is 26.3.